The Morgan fingerprint density at radius 2 is 2.03 bits per heavy atom. The fourth-order valence-electron chi connectivity index (χ4n) is 3.28. The van der Waals surface area contributed by atoms with E-state index in [-0.39, 0.29) is 5.91 Å². The first-order chi connectivity index (χ1) is 14.1. The van der Waals surface area contributed by atoms with E-state index in [2.05, 4.69) is 15.2 Å². The fraction of sp³-hybridized carbons (Fsp3) is 0.238. The second-order valence-electron chi connectivity index (χ2n) is 6.51. The number of ether oxygens (including phenoxy) is 1. The highest BCUT2D eigenvalue weighted by atomic mass is 35.5. The molecule has 148 valence electrons. The maximum absolute atomic E-state index is 13.2. The molecule has 1 aliphatic heterocycles. The average Bonchev–Trinajstić information content (AvgIpc) is 2.88. The number of anilines is 1. The Hall–Kier alpha value is -2.64. The van der Waals surface area contributed by atoms with Gasteiger partial charge in [-0.2, -0.15) is 4.98 Å². The van der Waals surface area contributed by atoms with Crippen LogP contribution in [-0.4, -0.2) is 27.3 Å². The zero-order valence-corrected chi connectivity index (χ0v) is 17.6. The number of fused-ring (bicyclic) bond motifs is 3. The van der Waals surface area contributed by atoms with Crippen molar-refractivity contribution in [3.8, 4) is 17.1 Å². The van der Waals surface area contributed by atoms with E-state index in [4.69, 9.17) is 16.3 Å². The molecular weight excluding hydrogens is 408 g/mol. The molecule has 1 aliphatic rings. The van der Waals surface area contributed by atoms with Crippen LogP contribution in [0.25, 0.3) is 11.3 Å². The Bertz CT molecular complexity index is 1060. The fourth-order valence-corrected chi connectivity index (χ4v) is 3.78. The van der Waals surface area contributed by atoms with Gasteiger partial charge in [0.05, 0.1) is 5.69 Å². The first kappa shape index (κ1) is 19.7. The van der Waals surface area contributed by atoms with Gasteiger partial charge < -0.3 is 4.74 Å². The number of hydrogen-bond acceptors (Lipinski definition) is 6. The zero-order valence-electron chi connectivity index (χ0n) is 16.0. The first-order valence-electron chi connectivity index (χ1n) is 9.24. The van der Waals surface area contributed by atoms with Gasteiger partial charge in [-0.3, -0.25) is 9.69 Å². The molecule has 0 saturated carbocycles. The quantitative estimate of drug-likeness (QED) is 0.538. The number of para-hydroxylation sites is 1. The lowest BCUT2D eigenvalue weighted by atomic mass is 10.1. The molecule has 4 rings (SSSR count). The van der Waals surface area contributed by atoms with Crippen LogP contribution in [0.2, 0.25) is 5.02 Å². The summed E-state index contributed by atoms with van der Waals surface area (Å²) in [5, 5.41) is 9.59. The maximum Gasteiger partial charge on any atom is 0.247 e. The van der Waals surface area contributed by atoms with Crippen LogP contribution in [0.4, 0.5) is 5.69 Å². The van der Waals surface area contributed by atoms with Crippen LogP contribution >= 0.6 is 23.4 Å². The minimum absolute atomic E-state index is 0.0456. The van der Waals surface area contributed by atoms with Crippen molar-refractivity contribution in [2.75, 3.05) is 11.2 Å². The van der Waals surface area contributed by atoms with Crippen LogP contribution in [0.5, 0.6) is 5.88 Å². The minimum Gasteiger partial charge on any atom is -0.447 e. The smallest absolute Gasteiger partial charge is 0.247 e. The van der Waals surface area contributed by atoms with Gasteiger partial charge in [-0.25, -0.2) is 0 Å². The minimum atomic E-state index is -0.721. The molecular formula is C21H19ClN4O2S. The predicted octanol–water partition coefficient (Wildman–Crippen LogP) is 5.14. The number of nitrogens with zero attached hydrogens (tertiary/aromatic N) is 4. The highest BCUT2D eigenvalue weighted by Crippen LogP contribution is 2.43. The number of benzene rings is 2. The third-order valence-electron chi connectivity index (χ3n) is 4.56. The molecule has 0 radical (unpaired) electrons. The summed E-state index contributed by atoms with van der Waals surface area (Å²) in [5.74, 6) is 0.296. The molecule has 0 bridgehead atoms. The highest BCUT2D eigenvalue weighted by molar-refractivity contribution is 7.98. The van der Waals surface area contributed by atoms with Gasteiger partial charge in [0.1, 0.15) is 0 Å². The second kappa shape index (κ2) is 8.39. The lowest BCUT2D eigenvalue weighted by Crippen LogP contribution is -2.37. The summed E-state index contributed by atoms with van der Waals surface area (Å²) < 4.78 is 6.32. The molecule has 0 saturated heterocycles. The first-order valence-corrected chi connectivity index (χ1v) is 10.8. The number of rotatable bonds is 4. The molecule has 3 aromatic rings. The summed E-state index contributed by atoms with van der Waals surface area (Å²) in [6.45, 7) is 1.98. The molecule has 0 aliphatic carbocycles. The Labute approximate surface area is 178 Å². The predicted molar refractivity (Wildman–Crippen MR) is 114 cm³/mol. The molecule has 2 heterocycles. The van der Waals surface area contributed by atoms with Crippen LogP contribution in [0.15, 0.2) is 53.7 Å². The van der Waals surface area contributed by atoms with Gasteiger partial charge in [0.15, 0.2) is 5.69 Å². The van der Waals surface area contributed by atoms with Crippen molar-refractivity contribution in [1.82, 2.24) is 15.2 Å². The summed E-state index contributed by atoms with van der Waals surface area (Å²) in [5.41, 5.74) is 2.73. The van der Waals surface area contributed by atoms with Gasteiger partial charge in [-0.05, 0) is 30.9 Å². The molecule has 29 heavy (non-hydrogen) atoms. The normalized spacial score (nSPS) is 15.1. The topological polar surface area (TPSA) is 68.2 Å². The highest BCUT2D eigenvalue weighted by Gasteiger charge is 2.35. The second-order valence-corrected chi connectivity index (χ2v) is 7.72. The lowest BCUT2D eigenvalue weighted by Gasteiger charge is -2.31. The number of halogens is 1. The van der Waals surface area contributed by atoms with Crippen LogP contribution in [0.3, 0.4) is 0 Å². The van der Waals surface area contributed by atoms with Crippen molar-refractivity contribution < 1.29 is 9.53 Å². The monoisotopic (exact) mass is 426 g/mol. The summed E-state index contributed by atoms with van der Waals surface area (Å²) >= 11 is 7.62. The van der Waals surface area contributed by atoms with Crippen molar-refractivity contribution in [2.24, 2.45) is 0 Å². The summed E-state index contributed by atoms with van der Waals surface area (Å²) in [7, 11) is 0. The van der Waals surface area contributed by atoms with E-state index in [1.165, 1.54) is 11.8 Å². The number of aromatic nitrogens is 3. The van der Waals surface area contributed by atoms with Gasteiger partial charge in [-0.1, -0.05) is 60.6 Å². The Morgan fingerprint density at radius 1 is 1.21 bits per heavy atom. The van der Waals surface area contributed by atoms with Crippen LogP contribution < -0.4 is 9.64 Å². The molecule has 1 unspecified atom stereocenters. The van der Waals surface area contributed by atoms with Crippen molar-refractivity contribution in [1.29, 1.82) is 0 Å². The van der Waals surface area contributed by atoms with E-state index in [0.29, 0.717) is 33.9 Å². The number of hydrogen-bond donors (Lipinski definition) is 0. The van der Waals surface area contributed by atoms with Crippen molar-refractivity contribution in [2.45, 2.75) is 31.1 Å². The SMILES string of the molecule is CCCC(=O)N1c2ccccc2-c2nnc(SC)nc2OC1c1cccc(Cl)c1. The van der Waals surface area contributed by atoms with Gasteiger partial charge in [0.2, 0.25) is 23.2 Å². The van der Waals surface area contributed by atoms with E-state index >= 15 is 0 Å². The molecule has 0 fully saturated rings. The van der Waals surface area contributed by atoms with Crippen molar-refractivity contribution in [3.63, 3.8) is 0 Å². The van der Waals surface area contributed by atoms with E-state index in [1.54, 1.807) is 17.0 Å². The summed E-state index contributed by atoms with van der Waals surface area (Å²) in [6.07, 6.45) is 2.27. The number of amides is 1. The van der Waals surface area contributed by atoms with Crippen molar-refractivity contribution in [3.05, 3.63) is 59.1 Å². The molecule has 1 atom stereocenters. The number of thioether (sulfide) groups is 1. The third kappa shape index (κ3) is 3.80. The Kier molecular flexibility index (Phi) is 5.69. The van der Waals surface area contributed by atoms with Crippen LogP contribution in [-0.2, 0) is 4.79 Å². The Morgan fingerprint density at radius 3 is 2.79 bits per heavy atom. The Balaban J connectivity index is 1.96. The average molecular weight is 427 g/mol. The van der Waals surface area contributed by atoms with Crippen molar-refractivity contribution >= 4 is 35.0 Å². The molecule has 2 aromatic carbocycles. The largest absolute Gasteiger partial charge is 0.447 e. The standard InChI is InChI=1S/C21H19ClN4O2S/c1-3-7-17(27)26-16-11-5-4-10-15(16)18-19(23-21(29-2)25-24-18)28-20(26)13-8-6-9-14(22)12-13/h4-6,8-12,20H,3,7H2,1-2H3. The van der Waals surface area contributed by atoms with E-state index in [1.807, 2.05) is 49.6 Å². The molecule has 1 amide bonds. The maximum atomic E-state index is 13.2. The van der Waals surface area contributed by atoms with E-state index < -0.39 is 6.23 Å². The summed E-state index contributed by atoms with van der Waals surface area (Å²) in [6, 6.07) is 14.9. The van der Waals surface area contributed by atoms with Crippen LogP contribution in [0.1, 0.15) is 31.6 Å². The van der Waals surface area contributed by atoms with Gasteiger partial charge in [0, 0.05) is 22.6 Å². The van der Waals surface area contributed by atoms with Crippen LogP contribution in [0, 0.1) is 0 Å². The molecule has 0 N–H and O–H groups in total. The van der Waals surface area contributed by atoms with Gasteiger partial charge in [-0.15, -0.1) is 10.2 Å². The molecule has 1 aromatic heterocycles. The lowest BCUT2D eigenvalue weighted by molar-refractivity contribution is -0.120. The third-order valence-corrected chi connectivity index (χ3v) is 5.33. The van der Waals surface area contributed by atoms with Gasteiger partial charge >= 0.3 is 0 Å². The van der Waals surface area contributed by atoms with Gasteiger partial charge in [0.25, 0.3) is 0 Å². The molecule has 8 heteroatoms. The zero-order chi connectivity index (χ0) is 20.4. The molecule has 0 spiro atoms. The van der Waals surface area contributed by atoms with E-state index in [0.717, 1.165) is 17.5 Å². The van der Waals surface area contributed by atoms with E-state index in [9.17, 15) is 4.79 Å². The number of carbonyl (C=O) groups is 1. The summed E-state index contributed by atoms with van der Waals surface area (Å²) in [4.78, 5) is 19.4. The number of carbonyl (C=O) groups excluding carboxylic acids is 1. The molecule has 6 nitrogen and oxygen atoms in total.